The Morgan fingerprint density at radius 2 is 1.49 bits per heavy atom. The first-order valence-electron chi connectivity index (χ1n) is 12.6. The molecule has 0 aliphatic carbocycles. The summed E-state index contributed by atoms with van der Waals surface area (Å²) in [5.74, 6) is 2.35. The van der Waals surface area contributed by atoms with Gasteiger partial charge in [-0.3, -0.25) is 4.90 Å². The summed E-state index contributed by atoms with van der Waals surface area (Å²) in [6.07, 6.45) is 1.63. The zero-order chi connectivity index (χ0) is 26.4. The normalized spacial score (nSPS) is 16.1. The van der Waals surface area contributed by atoms with Crippen LogP contribution in [0.15, 0.2) is 60.7 Å². The van der Waals surface area contributed by atoms with Crippen molar-refractivity contribution in [2.45, 2.75) is 37.3 Å². The zero-order valence-electron chi connectivity index (χ0n) is 22.0. The summed E-state index contributed by atoms with van der Waals surface area (Å²) >= 11 is 0. The highest BCUT2D eigenvalue weighted by atomic mass is 16.5. The van der Waals surface area contributed by atoms with E-state index in [0.717, 1.165) is 31.5 Å². The van der Waals surface area contributed by atoms with Crippen molar-refractivity contribution in [1.82, 2.24) is 4.90 Å². The summed E-state index contributed by atoms with van der Waals surface area (Å²) in [5, 5.41) is 22.5. The van der Waals surface area contributed by atoms with E-state index in [4.69, 9.17) is 18.9 Å². The lowest BCUT2D eigenvalue weighted by Crippen LogP contribution is -2.41. The summed E-state index contributed by atoms with van der Waals surface area (Å²) in [5.41, 5.74) is 2.82. The van der Waals surface area contributed by atoms with Gasteiger partial charge in [0.15, 0.2) is 11.5 Å². The van der Waals surface area contributed by atoms with Crippen LogP contribution in [0.1, 0.15) is 47.8 Å². The van der Waals surface area contributed by atoms with Gasteiger partial charge in [0.1, 0.15) is 23.5 Å². The monoisotopic (exact) mass is 507 g/mol. The molecule has 198 valence electrons. The highest BCUT2D eigenvalue weighted by Crippen LogP contribution is 2.45. The third-order valence-corrected chi connectivity index (χ3v) is 7.38. The smallest absolute Gasteiger partial charge is 0.161 e. The lowest BCUT2D eigenvalue weighted by molar-refractivity contribution is -0.0191. The summed E-state index contributed by atoms with van der Waals surface area (Å²) in [6, 6.07) is 19.6. The first-order chi connectivity index (χ1) is 18.0. The molecule has 0 bridgehead atoms. The van der Waals surface area contributed by atoms with Crippen LogP contribution in [0, 0.1) is 0 Å². The van der Waals surface area contributed by atoms with Crippen LogP contribution in [-0.4, -0.2) is 62.9 Å². The number of piperidine rings is 1. The van der Waals surface area contributed by atoms with Crippen LogP contribution >= 0.6 is 0 Å². The molecule has 1 saturated heterocycles. The molecule has 37 heavy (non-hydrogen) atoms. The molecule has 1 aliphatic heterocycles. The fourth-order valence-electron chi connectivity index (χ4n) is 5.33. The van der Waals surface area contributed by atoms with Crippen LogP contribution in [-0.2, 0) is 0 Å². The second-order valence-corrected chi connectivity index (χ2v) is 9.37. The van der Waals surface area contributed by atoms with Crippen LogP contribution in [0.5, 0.6) is 28.7 Å². The van der Waals surface area contributed by atoms with E-state index in [-0.39, 0.29) is 11.7 Å². The largest absolute Gasteiger partial charge is 0.507 e. The van der Waals surface area contributed by atoms with Gasteiger partial charge in [0.2, 0.25) is 0 Å². The Labute approximate surface area is 219 Å². The summed E-state index contributed by atoms with van der Waals surface area (Å²) in [6.45, 7) is 1.59. The first-order valence-corrected chi connectivity index (χ1v) is 12.6. The van der Waals surface area contributed by atoms with Crippen molar-refractivity contribution in [2.75, 3.05) is 41.5 Å². The molecule has 0 aromatic heterocycles. The standard InChI is InChI=1S/C30H37NO6/c1-34-23-17-25(32)30(28(18-23)37-4)24(22-10-11-26(35-2)27(16-22)36-3)19-29(33)31-14-12-21(13-15-31)20-8-6-5-7-9-20/h5-11,16-18,21,24,29,32-33H,12-15,19H2,1-4H3. The number of methoxy groups -OCH3 is 4. The van der Waals surface area contributed by atoms with Crippen molar-refractivity contribution in [3.63, 3.8) is 0 Å². The predicted octanol–water partition coefficient (Wildman–Crippen LogP) is 5.15. The average molecular weight is 508 g/mol. The van der Waals surface area contributed by atoms with Gasteiger partial charge >= 0.3 is 0 Å². The fourth-order valence-corrected chi connectivity index (χ4v) is 5.33. The summed E-state index contributed by atoms with van der Waals surface area (Å²) in [4.78, 5) is 2.13. The van der Waals surface area contributed by atoms with Crippen molar-refractivity contribution in [2.24, 2.45) is 0 Å². The molecule has 4 rings (SSSR count). The van der Waals surface area contributed by atoms with E-state index in [1.54, 1.807) is 40.6 Å². The van der Waals surface area contributed by atoms with Crippen LogP contribution in [0.3, 0.4) is 0 Å². The maximum Gasteiger partial charge on any atom is 0.161 e. The molecule has 2 atom stereocenters. The number of aliphatic hydroxyl groups excluding tert-OH is 1. The zero-order valence-corrected chi connectivity index (χ0v) is 22.0. The molecule has 0 saturated carbocycles. The van der Waals surface area contributed by atoms with Gasteiger partial charge in [0.25, 0.3) is 0 Å². The Morgan fingerprint density at radius 3 is 2.11 bits per heavy atom. The number of ether oxygens (including phenoxy) is 4. The van der Waals surface area contributed by atoms with Gasteiger partial charge in [-0.1, -0.05) is 36.4 Å². The highest BCUT2D eigenvalue weighted by Gasteiger charge is 2.31. The van der Waals surface area contributed by atoms with E-state index in [9.17, 15) is 10.2 Å². The third-order valence-electron chi connectivity index (χ3n) is 7.38. The Morgan fingerprint density at radius 1 is 0.811 bits per heavy atom. The minimum Gasteiger partial charge on any atom is -0.507 e. The van der Waals surface area contributed by atoms with E-state index in [1.165, 1.54) is 5.56 Å². The van der Waals surface area contributed by atoms with Gasteiger partial charge in [-0.25, -0.2) is 0 Å². The third kappa shape index (κ3) is 5.95. The number of nitrogens with zero attached hydrogens (tertiary/aromatic N) is 1. The Hall–Kier alpha value is -3.42. The lowest BCUT2D eigenvalue weighted by Gasteiger charge is -2.37. The minimum absolute atomic E-state index is 0.0472. The van der Waals surface area contributed by atoms with Crippen LogP contribution in [0.2, 0.25) is 0 Å². The molecular formula is C30H37NO6. The maximum absolute atomic E-state index is 11.4. The Balaban J connectivity index is 1.63. The maximum atomic E-state index is 11.4. The van der Waals surface area contributed by atoms with Gasteiger partial charge in [-0.2, -0.15) is 0 Å². The Kier molecular flexibility index (Phi) is 8.79. The minimum atomic E-state index is -0.707. The van der Waals surface area contributed by atoms with Crippen LogP contribution < -0.4 is 18.9 Å². The van der Waals surface area contributed by atoms with E-state index in [0.29, 0.717) is 40.9 Å². The first kappa shape index (κ1) is 26.6. The number of hydrogen-bond donors (Lipinski definition) is 2. The van der Waals surface area contributed by atoms with Crippen LogP contribution in [0.25, 0.3) is 0 Å². The number of hydrogen-bond acceptors (Lipinski definition) is 7. The molecule has 7 heteroatoms. The van der Waals surface area contributed by atoms with Gasteiger partial charge in [0, 0.05) is 36.7 Å². The van der Waals surface area contributed by atoms with Gasteiger partial charge in [-0.05, 0) is 48.4 Å². The molecule has 2 N–H and O–H groups in total. The van der Waals surface area contributed by atoms with Gasteiger partial charge < -0.3 is 29.2 Å². The quantitative estimate of drug-likeness (QED) is 0.393. The van der Waals surface area contributed by atoms with E-state index in [2.05, 4.69) is 29.2 Å². The number of aliphatic hydroxyl groups is 1. The van der Waals surface area contributed by atoms with Crippen molar-refractivity contribution >= 4 is 0 Å². The SMILES string of the molecule is COc1cc(O)c(C(CC(O)N2CCC(c3ccccc3)CC2)c2ccc(OC)c(OC)c2)c(OC)c1. The molecular weight excluding hydrogens is 470 g/mol. The molecule has 3 aromatic rings. The number of phenolic OH excluding ortho intramolecular Hbond substituents is 1. The molecule has 0 amide bonds. The Bertz CT molecular complexity index is 1160. The number of benzene rings is 3. The molecule has 1 aliphatic rings. The lowest BCUT2D eigenvalue weighted by atomic mass is 9.85. The van der Waals surface area contributed by atoms with Crippen molar-refractivity contribution < 1.29 is 29.2 Å². The average Bonchev–Trinajstić information content (AvgIpc) is 2.95. The number of rotatable bonds is 10. The molecule has 1 heterocycles. The van der Waals surface area contributed by atoms with Gasteiger partial charge in [-0.15, -0.1) is 0 Å². The molecule has 1 fully saturated rings. The summed E-state index contributed by atoms with van der Waals surface area (Å²) in [7, 11) is 6.29. The molecule has 0 spiro atoms. The van der Waals surface area contributed by atoms with Crippen LogP contribution in [0.4, 0.5) is 0 Å². The predicted molar refractivity (Wildman–Crippen MR) is 143 cm³/mol. The molecule has 0 radical (unpaired) electrons. The van der Waals surface area contributed by atoms with Gasteiger partial charge in [0.05, 0.1) is 28.4 Å². The summed E-state index contributed by atoms with van der Waals surface area (Å²) < 4.78 is 22.0. The van der Waals surface area contributed by atoms with Crippen molar-refractivity contribution in [3.05, 3.63) is 77.4 Å². The highest BCUT2D eigenvalue weighted by molar-refractivity contribution is 5.56. The number of aromatic hydroxyl groups is 1. The van der Waals surface area contributed by atoms with Crippen molar-refractivity contribution in [3.8, 4) is 28.7 Å². The topological polar surface area (TPSA) is 80.6 Å². The van der Waals surface area contributed by atoms with E-state index >= 15 is 0 Å². The van der Waals surface area contributed by atoms with Crippen molar-refractivity contribution in [1.29, 1.82) is 0 Å². The molecule has 3 aromatic carbocycles. The van der Waals surface area contributed by atoms with E-state index in [1.807, 2.05) is 24.3 Å². The fraction of sp³-hybridized carbons (Fsp3) is 0.400. The molecule has 2 unspecified atom stereocenters. The number of likely N-dealkylation sites (tertiary alicyclic amines) is 1. The molecule has 7 nitrogen and oxygen atoms in total. The second-order valence-electron chi connectivity index (χ2n) is 9.37. The number of phenols is 1. The second kappa shape index (κ2) is 12.2. The van der Waals surface area contributed by atoms with E-state index < -0.39 is 6.23 Å².